The molecule has 3 heteroatoms. The van der Waals surface area contributed by atoms with Crippen LogP contribution in [0.25, 0.3) is 0 Å². The van der Waals surface area contributed by atoms with Crippen molar-refractivity contribution in [2.45, 2.75) is 31.2 Å². The maximum absolute atomic E-state index is 6.15. The van der Waals surface area contributed by atoms with Gasteiger partial charge in [-0.3, -0.25) is 0 Å². The van der Waals surface area contributed by atoms with E-state index < -0.39 is 0 Å². The van der Waals surface area contributed by atoms with Gasteiger partial charge in [-0.15, -0.1) is 0 Å². The van der Waals surface area contributed by atoms with Gasteiger partial charge in [-0.1, -0.05) is 30.7 Å². The minimum atomic E-state index is -0.243. The van der Waals surface area contributed by atoms with E-state index in [4.69, 9.17) is 21.8 Å². The normalized spacial score (nSPS) is 17.4. The molecule has 2 aromatic rings. The Bertz CT molecular complexity index is 528. The Hall–Kier alpha value is -1.25. The molecule has 1 unspecified atom stereocenters. The fourth-order valence-electron chi connectivity index (χ4n) is 2.38. The second-order valence-corrected chi connectivity index (χ2v) is 5.29. The molecule has 2 N–H and O–H groups in total. The van der Waals surface area contributed by atoms with Crippen molar-refractivity contribution in [2.75, 3.05) is 0 Å². The van der Waals surface area contributed by atoms with Crippen molar-refractivity contribution in [3.63, 3.8) is 0 Å². The fourth-order valence-corrected chi connectivity index (χ4v) is 2.53. The standard InChI is InChI=1S/C15H16ClNO/c16-14-9-8-13(18-14)15(17)12-6-4-11(5-7-12)10-2-1-3-10/h4-10,15H,1-3,17H2. The first-order chi connectivity index (χ1) is 8.74. The molecule has 1 aliphatic carbocycles. The van der Waals surface area contributed by atoms with Crippen LogP contribution in [-0.2, 0) is 0 Å². The maximum Gasteiger partial charge on any atom is 0.193 e. The quantitative estimate of drug-likeness (QED) is 0.897. The lowest BCUT2D eigenvalue weighted by atomic mass is 9.80. The first-order valence-electron chi connectivity index (χ1n) is 6.35. The van der Waals surface area contributed by atoms with Crippen LogP contribution in [0.4, 0.5) is 0 Å². The maximum atomic E-state index is 6.15. The highest BCUT2D eigenvalue weighted by Gasteiger charge is 2.20. The second kappa shape index (κ2) is 4.79. The molecule has 1 aromatic carbocycles. The van der Waals surface area contributed by atoms with E-state index in [-0.39, 0.29) is 6.04 Å². The van der Waals surface area contributed by atoms with Crippen molar-refractivity contribution in [3.05, 3.63) is 58.5 Å². The lowest BCUT2D eigenvalue weighted by Gasteiger charge is -2.26. The topological polar surface area (TPSA) is 39.2 Å². The minimum absolute atomic E-state index is 0.243. The van der Waals surface area contributed by atoms with Gasteiger partial charge in [0.25, 0.3) is 0 Å². The average molecular weight is 262 g/mol. The van der Waals surface area contributed by atoms with Gasteiger partial charge in [0.2, 0.25) is 0 Å². The van der Waals surface area contributed by atoms with Gasteiger partial charge < -0.3 is 10.2 Å². The molecule has 1 heterocycles. The van der Waals surface area contributed by atoms with Crippen molar-refractivity contribution >= 4 is 11.6 Å². The van der Waals surface area contributed by atoms with E-state index in [2.05, 4.69) is 24.3 Å². The Morgan fingerprint density at radius 2 is 1.83 bits per heavy atom. The molecule has 3 rings (SSSR count). The van der Waals surface area contributed by atoms with E-state index in [0.29, 0.717) is 11.0 Å². The van der Waals surface area contributed by atoms with E-state index in [0.717, 1.165) is 11.5 Å². The number of nitrogens with two attached hydrogens (primary N) is 1. The molecule has 2 nitrogen and oxygen atoms in total. The molecule has 0 radical (unpaired) electrons. The van der Waals surface area contributed by atoms with Crippen molar-refractivity contribution in [1.82, 2.24) is 0 Å². The number of halogens is 1. The van der Waals surface area contributed by atoms with Gasteiger partial charge in [-0.05, 0) is 53.6 Å². The van der Waals surface area contributed by atoms with Gasteiger partial charge >= 0.3 is 0 Å². The van der Waals surface area contributed by atoms with Crippen LogP contribution < -0.4 is 5.73 Å². The molecule has 0 spiro atoms. The van der Waals surface area contributed by atoms with Crippen LogP contribution in [0.1, 0.15) is 48.1 Å². The van der Waals surface area contributed by atoms with E-state index in [1.54, 1.807) is 6.07 Å². The second-order valence-electron chi connectivity index (χ2n) is 4.91. The summed E-state index contributed by atoms with van der Waals surface area (Å²) in [4.78, 5) is 0. The molecular weight excluding hydrogens is 246 g/mol. The van der Waals surface area contributed by atoms with E-state index in [1.165, 1.54) is 24.8 Å². The predicted molar refractivity (Wildman–Crippen MR) is 72.8 cm³/mol. The number of hydrogen-bond donors (Lipinski definition) is 1. The van der Waals surface area contributed by atoms with Gasteiger partial charge in [0, 0.05) is 0 Å². The number of hydrogen-bond acceptors (Lipinski definition) is 2. The van der Waals surface area contributed by atoms with Gasteiger partial charge in [0.15, 0.2) is 5.22 Å². The van der Waals surface area contributed by atoms with Crippen LogP contribution >= 0.6 is 11.6 Å². The molecule has 1 atom stereocenters. The lowest BCUT2D eigenvalue weighted by Crippen LogP contribution is -2.12. The molecule has 1 aromatic heterocycles. The van der Waals surface area contributed by atoms with Gasteiger partial charge in [-0.2, -0.15) is 0 Å². The lowest BCUT2D eigenvalue weighted by molar-refractivity contribution is 0.419. The molecule has 0 bridgehead atoms. The highest BCUT2D eigenvalue weighted by Crippen LogP contribution is 2.36. The largest absolute Gasteiger partial charge is 0.448 e. The van der Waals surface area contributed by atoms with Crippen molar-refractivity contribution in [3.8, 4) is 0 Å². The monoisotopic (exact) mass is 261 g/mol. The smallest absolute Gasteiger partial charge is 0.193 e. The van der Waals surface area contributed by atoms with Crippen molar-refractivity contribution in [2.24, 2.45) is 5.73 Å². The third-order valence-corrected chi connectivity index (χ3v) is 3.98. The van der Waals surface area contributed by atoms with Gasteiger partial charge in [-0.25, -0.2) is 0 Å². The molecule has 94 valence electrons. The van der Waals surface area contributed by atoms with Crippen molar-refractivity contribution in [1.29, 1.82) is 0 Å². The number of benzene rings is 1. The van der Waals surface area contributed by atoms with E-state index in [9.17, 15) is 0 Å². The number of furan rings is 1. The molecule has 1 fully saturated rings. The summed E-state index contributed by atoms with van der Waals surface area (Å²) < 4.78 is 5.35. The Morgan fingerprint density at radius 3 is 2.33 bits per heavy atom. The molecule has 1 aliphatic rings. The van der Waals surface area contributed by atoms with Crippen molar-refractivity contribution < 1.29 is 4.42 Å². The van der Waals surface area contributed by atoms with Gasteiger partial charge in [0.1, 0.15) is 5.76 Å². The summed E-state index contributed by atoms with van der Waals surface area (Å²) in [6.07, 6.45) is 4.00. The molecule has 18 heavy (non-hydrogen) atoms. The van der Waals surface area contributed by atoms with E-state index >= 15 is 0 Å². The first kappa shape index (κ1) is 11.8. The van der Waals surface area contributed by atoms with Crippen LogP contribution in [0.3, 0.4) is 0 Å². The molecular formula is C15H16ClNO. The third kappa shape index (κ3) is 2.18. The van der Waals surface area contributed by atoms with Crippen LogP contribution in [0.15, 0.2) is 40.8 Å². The first-order valence-corrected chi connectivity index (χ1v) is 6.72. The van der Waals surface area contributed by atoms with E-state index in [1.807, 2.05) is 6.07 Å². The molecule has 0 saturated heterocycles. The Morgan fingerprint density at radius 1 is 1.11 bits per heavy atom. The Balaban J connectivity index is 1.79. The van der Waals surface area contributed by atoms with Crippen LogP contribution in [-0.4, -0.2) is 0 Å². The summed E-state index contributed by atoms with van der Waals surface area (Å²) in [5.41, 5.74) is 8.63. The predicted octanol–water partition coefficient (Wildman–Crippen LogP) is 4.25. The highest BCUT2D eigenvalue weighted by molar-refractivity contribution is 6.28. The summed E-state index contributed by atoms with van der Waals surface area (Å²) in [7, 11) is 0. The third-order valence-electron chi connectivity index (χ3n) is 3.77. The molecule has 0 amide bonds. The van der Waals surface area contributed by atoms with Crippen LogP contribution in [0.5, 0.6) is 0 Å². The van der Waals surface area contributed by atoms with Crippen LogP contribution in [0, 0.1) is 0 Å². The summed E-state index contributed by atoms with van der Waals surface area (Å²) in [5.74, 6) is 1.46. The summed E-state index contributed by atoms with van der Waals surface area (Å²) in [5, 5.41) is 0.381. The Kier molecular flexibility index (Phi) is 3.14. The summed E-state index contributed by atoms with van der Waals surface area (Å²) in [6, 6.07) is 11.9. The van der Waals surface area contributed by atoms with Gasteiger partial charge in [0.05, 0.1) is 6.04 Å². The zero-order chi connectivity index (χ0) is 12.5. The minimum Gasteiger partial charge on any atom is -0.448 e. The summed E-state index contributed by atoms with van der Waals surface area (Å²) >= 11 is 5.76. The molecule has 1 saturated carbocycles. The Labute approximate surface area is 112 Å². The highest BCUT2D eigenvalue weighted by atomic mass is 35.5. The molecule has 0 aliphatic heterocycles. The zero-order valence-corrected chi connectivity index (χ0v) is 10.9. The SMILES string of the molecule is NC(c1ccc(C2CCC2)cc1)c1ccc(Cl)o1. The fraction of sp³-hybridized carbons (Fsp3) is 0.333. The zero-order valence-electron chi connectivity index (χ0n) is 10.1. The van der Waals surface area contributed by atoms with Crippen LogP contribution in [0.2, 0.25) is 5.22 Å². The summed E-state index contributed by atoms with van der Waals surface area (Å²) in [6.45, 7) is 0. The number of rotatable bonds is 3. The average Bonchev–Trinajstić information content (AvgIpc) is 2.74.